The highest BCUT2D eigenvalue weighted by Crippen LogP contribution is 2.33. The van der Waals surface area contributed by atoms with Crippen LogP contribution in [0.4, 0.5) is 10.8 Å². The number of benzene rings is 2. The second-order valence-electron chi connectivity index (χ2n) is 4.76. The van der Waals surface area contributed by atoms with Crippen LogP contribution in [0.15, 0.2) is 54.6 Å². The Balaban J connectivity index is 1.93. The van der Waals surface area contributed by atoms with Gasteiger partial charge in [0.05, 0.1) is 5.69 Å². The normalized spacial score (nSPS) is 10.6. The summed E-state index contributed by atoms with van der Waals surface area (Å²) in [6.07, 6.45) is 0.589. The standard InChI is InChI=1S/C17H15ClN2OS/c18-13-8-6-12(7-9-13)16-15(10-11-21)22-17(20-16)19-14-4-2-1-3-5-14/h1-9,21H,10-11H2,(H,19,20). The molecule has 112 valence electrons. The molecule has 3 aromatic rings. The average molecular weight is 331 g/mol. The molecule has 0 spiro atoms. The minimum Gasteiger partial charge on any atom is -0.396 e. The first-order valence-electron chi connectivity index (χ1n) is 6.95. The van der Waals surface area contributed by atoms with Crippen molar-refractivity contribution in [2.45, 2.75) is 6.42 Å². The maximum atomic E-state index is 9.27. The lowest BCUT2D eigenvalue weighted by molar-refractivity contribution is 0.300. The number of nitrogens with zero attached hydrogens (tertiary/aromatic N) is 1. The van der Waals surface area contributed by atoms with Gasteiger partial charge in [0.1, 0.15) is 0 Å². The van der Waals surface area contributed by atoms with E-state index in [0.29, 0.717) is 11.4 Å². The largest absolute Gasteiger partial charge is 0.396 e. The first kappa shape index (κ1) is 15.0. The van der Waals surface area contributed by atoms with Gasteiger partial charge in [-0.05, 0) is 24.3 Å². The van der Waals surface area contributed by atoms with Crippen molar-refractivity contribution < 1.29 is 5.11 Å². The topological polar surface area (TPSA) is 45.1 Å². The Morgan fingerprint density at radius 1 is 1.05 bits per heavy atom. The van der Waals surface area contributed by atoms with Gasteiger partial charge in [-0.2, -0.15) is 0 Å². The van der Waals surface area contributed by atoms with Crippen molar-refractivity contribution in [3.05, 3.63) is 64.5 Å². The lowest BCUT2D eigenvalue weighted by Gasteiger charge is -2.01. The van der Waals surface area contributed by atoms with Crippen molar-refractivity contribution in [1.82, 2.24) is 4.98 Å². The fourth-order valence-electron chi connectivity index (χ4n) is 2.15. The van der Waals surface area contributed by atoms with Crippen LogP contribution in [-0.2, 0) is 6.42 Å². The minimum absolute atomic E-state index is 0.105. The first-order valence-corrected chi connectivity index (χ1v) is 8.14. The van der Waals surface area contributed by atoms with Crippen LogP contribution in [0.3, 0.4) is 0 Å². The quantitative estimate of drug-likeness (QED) is 0.710. The Hall–Kier alpha value is -1.88. The summed E-state index contributed by atoms with van der Waals surface area (Å²) in [6.45, 7) is 0.105. The van der Waals surface area contributed by atoms with Gasteiger partial charge in [-0.25, -0.2) is 4.98 Å². The first-order chi connectivity index (χ1) is 10.8. The highest BCUT2D eigenvalue weighted by Gasteiger charge is 2.13. The Kier molecular flexibility index (Phi) is 4.73. The molecule has 0 saturated carbocycles. The van der Waals surface area contributed by atoms with Crippen molar-refractivity contribution in [1.29, 1.82) is 0 Å². The van der Waals surface area contributed by atoms with Gasteiger partial charge in [0.15, 0.2) is 5.13 Å². The van der Waals surface area contributed by atoms with Crippen molar-refractivity contribution in [3.8, 4) is 11.3 Å². The summed E-state index contributed by atoms with van der Waals surface area (Å²) in [7, 11) is 0. The number of nitrogens with one attached hydrogen (secondary N) is 1. The lowest BCUT2D eigenvalue weighted by Crippen LogP contribution is -1.91. The number of thiazole rings is 1. The van der Waals surface area contributed by atoms with Crippen molar-refractivity contribution in [3.63, 3.8) is 0 Å². The number of hydrogen-bond acceptors (Lipinski definition) is 4. The summed E-state index contributed by atoms with van der Waals surface area (Å²) in [6, 6.07) is 17.5. The molecular formula is C17H15ClN2OS. The van der Waals surface area contributed by atoms with Gasteiger partial charge in [0.2, 0.25) is 0 Å². The molecule has 0 bridgehead atoms. The Labute approximate surface area is 138 Å². The van der Waals surface area contributed by atoms with Gasteiger partial charge in [-0.15, -0.1) is 11.3 Å². The van der Waals surface area contributed by atoms with E-state index in [9.17, 15) is 5.11 Å². The Morgan fingerprint density at radius 3 is 2.45 bits per heavy atom. The number of aliphatic hydroxyl groups excluding tert-OH is 1. The third-order valence-corrected chi connectivity index (χ3v) is 4.46. The number of aromatic nitrogens is 1. The lowest BCUT2D eigenvalue weighted by atomic mass is 10.1. The highest BCUT2D eigenvalue weighted by atomic mass is 35.5. The highest BCUT2D eigenvalue weighted by molar-refractivity contribution is 7.16. The van der Waals surface area contributed by atoms with E-state index in [-0.39, 0.29) is 6.61 Å². The molecule has 0 saturated heterocycles. The zero-order chi connectivity index (χ0) is 15.4. The van der Waals surface area contributed by atoms with Crippen LogP contribution in [0.5, 0.6) is 0 Å². The van der Waals surface area contributed by atoms with Crippen molar-refractivity contribution in [2.75, 3.05) is 11.9 Å². The number of aliphatic hydroxyl groups is 1. The van der Waals surface area contributed by atoms with Gasteiger partial charge < -0.3 is 10.4 Å². The van der Waals surface area contributed by atoms with Crippen LogP contribution in [0, 0.1) is 0 Å². The Morgan fingerprint density at radius 2 is 1.77 bits per heavy atom. The van der Waals surface area contributed by atoms with Crippen LogP contribution >= 0.6 is 22.9 Å². The predicted octanol–water partition coefficient (Wildman–Crippen LogP) is 4.74. The van der Waals surface area contributed by atoms with E-state index in [2.05, 4.69) is 10.3 Å². The summed E-state index contributed by atoms with van der Waals surface area (Å²) < 4.78 is 0. The summed E-state index contributed by atoms with van der Waals surface area (Å²) in [5, 5.41) is 14.1. The van der Waals surface area contributed by atoms with Gasteiger partial charge >= 0.3 is 0 Å². The number of hydrogen-bond donors (Lipinski definition) is 2. The van der Waals surface area contributed by atoms with Gasteiger partial charge in [-0.3, -0.25) is 0 Å². The third kappa shape index (κ3) is 3.47. The van der Waals surface area contributed by atoms with E-state index in [4.69, 9.17) is 11.6 Å². The summed E-state index contributed by atoms with van der Waals surface area (Å²) in [5.41, 5.74) is 2.90. The second-order valence-corrected chi connectivity index (χ2v) is 6.28. The zero-order valence-corrected chi connectivity index (χ0v) is 13.4. The summed E-state index contributed by atoms with van der Waals surface area (Å²) >= 11 is 7.51. The smallest absolute Gasteiger partial charge is 0.187 e. The molecule has 0 atom stereocenters. The SMILES string of the molecule is OCCc1sc(Nc2ccccc2)nc1-c1ccc(Cl)cc1. The number of rotatable bonds is 5. The Bertz CT molecular complexity index is 741. The van der Waals surface area contributed by atoms with Crippen LogP contribution in [0.1, 0.15) is 4.88 Å². The molecule has 2 N–H and O–H groups in total. The van der Waals surface area contributed by atoms with E-state index >= 15 is 0 Å². The number of anilines is 2. The van der Waals surface area contributed by atoms with Crippen LogP contribution < -0.4 is 5.32 Å². The van der Waals surface area contributed by atoms with Crippen molar-refractivity contribution in [2.24, 2.45) is 0 Å². The molecule has 0 aliphatic carbocycles. The number of halogens is 1. The maximum absolute atomic E-state index is 9.27. The molecule has 0 fully saturated rings. The fraction of sp³-hybridized carbons (Fsp3) is 0.118. The molecule has 0 unspecified atom stereocenters. The van der Waals surface area contributed by atoms with E-state index in [0.717, 1.165) is 27.0 Å². The molecule has 5 heteroatoms. The van der Waals surface area contributed by atoms with E-state index in [1.54, 1.807) is 11.3 Å². The van der Waals surface area contributed by atoms with Crippen LogP contribution in [-0.4, -0.2) is 16.7 Å². The second kappa shape index (κ2) is 6.92. The molecule has 3 nitrogen and oxygen atoms in total. The molecule has 0 amide bonds. The number of para-hydroxylation sites is 1. The third-order valence-electron chi connectivity index (χ3n) is 3.18. The molecule has 0 aliphatic heterocycles. The molecular weight excluding hydrogens is 316 g/mol. The molecule has 0 aliphatic rings. The minimum atomic E-state index is 0.105. The van der Waals surface area contributed by atoms with E-state index in [1.165, 1.54) is 0 Å². The molecule has 3 rings (SSSR count). The zero-order valence-electron chi connectivity index (χ0n) is 11.8. The molecule has 2 aromatic carbocycles. The maximum Gasteiger partial charge on any atom is 0.187 e. The average Bonchev–Trinajstić information content (AvgIpc) is 2.92. The molecule has 1 aromatic heterocycles. The van der Waals surface area contributed by atoms with E-state index in [1.807, 2.05) is 54.6 Å². The van der Waals surface area contributed by atoms with Gasteiger partial charge in [-0.1, -0.05) is 41.9 Å². The molecule has 1 heterocycles. The summed E-state index contributed by atoms with van der Waals surface area (Å²) in [4.78, 5) is 5.74. The van der Waals surface area contributed by atoms with Crippen LogP contribution in [0.2, 0.25) is 5.02 Å². The predicted molar refractivity (Wildman–Crippen MR) is 93.1 cm³/mol. The summed E-state index contributed by atoms with van der Waals surface area (Å²) in [5.74, 6) is 0. The fourth-order valence-corrected chi connectivity index (χ4v) is 3.27. The van der Waals surface area contributed by atoms with E-state index < -0.39 is 0 Å². The monoisotopic (exact) mass is 330 g/mol. The van der Waals surface area contributed by atoms with Gasteiger partial charge in [0.25, 0.3) is 0 Å². The molecule has 22 heavy (non-hydrogen) atoms. The van der Waals surface area contributed by atoms with Gasteiger partial charge in [0, 0.05) is 34.2 Å². The molecule has 0 radical (unpaired) electrons. The van der Waals surface area contributed by atoms with Crippen molar-refractivity contribution >= 4 is 33.8 Å². The van der Waals surface area contributed by atoms with Crippen LogP contribution in [0.25, 0.3) is 11.3 Å².